The molecule has 0 fully saturated rings. The number of methoxy groups -OCH3 is 2. The number of hydrogen-bond acceptors (Lipinski definition) is 6. The zero-order chi connectivity index (χ0) is 13.8. The van der Waals surface area contributed by atoms with Crippen LogP contribution in [-0.2, 0) is 31.9 Å². The lowest BCUT2D eigenvalue weighted by atomic mass is 10.0. The summed E-state index contributed by atoms with van der Waals surface area (Å²) in [6, 6.07) is 3.38. The van der Waals surface area contributed by atoms with Gasteiger partial charge in [0.05, 0.1) is 27.1 Å². The summed E-state index contributed by atoms with van der Waals surface area (Å²) in [5.41, 5.74) is 1.34. The summed E-state index contributed by atoms with van der Waals surface area (Å²) < 4.78 is 19.8. The van der Waals surface area contributed by atoms with Gasteiger partial charge in [0.15, 0.2) is 11.5 Å². The maximum atomic E-state index is 11.4. The maximum absolute atomic E-state index is 11.4. The summed E-state index contributed by atoms with van der Waals surface area (Å²) in [7, 11) is 2.63. The van der Waals surface area contributed by atoms with Gasteiger partial charge in [-0.05, 0) is 23.3 Å². The third-order valence-corrected chi connectivity index (χ3v) is 2.82. The molecule has 0 spiro atoms. The largest absolute Gasteiger partial charge is 0.469 e. The average Bonchev–Trinajstić information content (AvgIpc) is 2.85. The van der Waals surface area contributed by atoms with E-state index < -0.39 is 0 Å². The highest BCUT2D eigenvalue weighted by atomic mass is 16.7. The summed E-state index contributed by atoms with van der Waals surface area (Å²) in [6.07, 6.45) is 0.138. The van der Waals surface area contributed by atoms with Crippen LogP contribution in [0.4, 0.5) is 0 Å². The van der Waals surface area contributed by atoms with Crippen molar-refractivity contribution in [2.45, 2.75) is 12.8 Å². The molecule has 19 heavy (non-hydrogen) atoms. The van der Waals surface area contributed by atoms with Crippen molar-refractivity contribution >= 4 is 11.9 Å². The van der Waals surface area contributed by atoms with E-state index in [4.69, 9.17) is 9.47 Å². The lowest BCUT2D eigenvalue weighted by molar-refractivity contribution is -0.141. The molecule has 0 saturated carbocycles. The van der Waals surface area contributed by atoms with E-state index in [1.807, 2.05) is 0 Å². The van der Waals surface area contributed by atoms with Gasteiger partial charge in [0.25, 0.3) is 0 Å². The number of carbonyl (C=O) groups is 2. The summed E-state index contributed by atoms with van der Waals surface area (Å²) in [5.74, 6) is 0.356. The summed E-state index contributed by atoms with van der Waals surface area (Å²) >= 11 is 0. The van der Waals surface area contributed by atoms with Crippen molar-refractivity contribution in [2.24, 2.45) is 0 Å². The summed E-state index contributed by atoms with van der Waals surface area (Å²) in [4.78, 5) is 22.8. The average molecular weight is 266 g/mol. The first-order valence-corrected chi connectivity index (χ1v) is 5.69. The Morgan fingerprint density at radius 2 is 1.42 bits per heavy atom. The smallest absolute Gasteiger partial charge is 0.309 e. The monoisotopic (exact) mass is 266 g/mol. The van der Waals surface area contributed by atoms with Gasteiger partial charge in [-0.3, -0.25) is 9.59 Å². The van der Waals surface area contributed by atoms with E-state index in [0.29, 0.717) is 22.6 Å². The molecule has 0 saturated heterocycles. The van der Waals surface area contributed by atoms with Crippen LogP contribution in [0.3, 0.4) is 0 Å². The second-order valence-electron chi connectivity index (χ2n) is 3.98. The van der Waals surface area contributed by atoms with E-state index in [1.165, 1.54) is 14.2 Å². The van der Waals surface area contributed by atoms with Crippen molar-refractivity contribution in [3.8, 4) is 11.5 Å². The fourth-order valence-corrected chi connectivity index (χ4v) is 1.81. The van der Waals surface area contributed by atoms with Gasteiger partial charge in [0, 0.05) is 0 Å². The molecule has 0 N–H and O–H groups in total. The number of benzene rings is 1. The topological polar surface area (TPSA) is 71.1 Å². The van der Waals surface area contributed by atoms with Gasteiger partial charge in [-0.2, -0.15) is 0 Å². The molecular weight excluding hydrogens is 252 g/mol. The van der Waals surface area contributed by atoms with E-state index in [-0.39, 0.29) is 31.6 Å². The van der Waals surface area contributed by atoms with Crippen LogP contribution in [-0.4, -0.2) is 33.0 Å². The fraction of sp³-hybridized carbons (Fsp3) is 0.385. The Bertz CT molecular complexity index is 463. The Kier molecular flexibility index (Phi) is 3.89. The number of hydrogen-bond donors (Lipinski definition) is 0. The zero-order valence-electron chi connectivity index (χ0n) is 10.7. The predicted molar refractivity (Wildman–Crippen MR) is 64.0 cm³/mol. The normalized spacial score (nSPS) is 12.1. The highest BCUT2D eigenvalue weighted by Gasteiger charge is 2.20. The molecule has 0 aliphatic carbocycles. The number of rotatable bonds is 4. The van der Waals surface area contributed by atoms with E-state index in [2.05, 4.69) is 9.47 Å². The Hall–Kier alpha value is -2.24. The highest BCUT2D eigenvalue weighted by Crippen LogP contribution is 2.35. The van der Waals surface area contributed by atoms with Gasteiger partial charge < -0.3 is 18.9 Å². The molecule has 1 aliphatic rings. The van der Waals surface area contributed by atoms with Crippen LogP contribution in [0.1, 0.15) is 11.1 Å². The van der Waals surface area contributed by atoms with E-state index in [1.54, 1.807) is 12.1 Å². The van der Waals surface area contributed by atoms with Crippen molar-refractivity contribution < 1.29 is 28.5 Å². The second-order valence-corrected chi connectivity index (χ2v) is 3.98. The summed E-state index contributed by atoms with van der Waals surface area (Å²) in [6.45, 7) is 0.134. The van der Waals surface area contributed by atoms with Crippen molar-refractivity contribution in [3.63, 3.8) is 0 Å². The molecule has 1 heterocycles. The van der Waals surface area contributed by atoms with E-state index in [0.717, 1.165) is 0 Å². The number of fused-ring (bicyclic) bond motifs is 1. The first kappa shape index (κ1) is 13.2. The van der Waals surface area contributed by atoms with Crippen molar-refractivity contribution in [2.75, 3.05) is 21.0 Å². The molecule has 0 atom stereocenters. The molecule has 102 valence electrons. The molecular formula is C13H14O6. The van der Waals surface area contributed by atoms with Gasteiger partial charge in [-0.25, -0.2) is 0 Å². The Morgan fingerprint density at radius 3 is 1.79 bits per heavy atom. The molecule has 0 bridgehead atoms. The number of esters is 2. The quantitative estimate of drug-likeness (QED) is 0.752. The lowest BCUT2D eigenvalue weighted by Gasteiger charge is -2.09. The van der Waals surface area contributed by atoms with Gasteiger partial charge in [0.1, 0.15) is 0 Å². The zero-order valence-corrected chi connectivity index (χ0v) is 10.7. The SMILES string of the molecule is COC(=O)Cc1cc2c(cc1CC(=O)OC)OCO2. The van der Waals surface area contributed by atoms with Crippen LogP contribution in [0, 0.1) is 0 Å². The van der Waals surface area contributed by atoms with Crippen LogP contribution >= 0.6 is 0 Å². The molecule has 6 heteroatoms. The second kappa shape index (κ2) is 5.60. The van der Waals surface area contributed by atoms with Crippen LogP contribution in [0.5, 0.6) is 11.5 Å². The first-order chi connectivity index (χ1) is 9.13. The van der Waals surface area contributed by atoms with Gasteiger partial charge in [0.2, 0.25) is 6.79 Å². The molecule has 1 aromatic rings. The fourth-order valence-electron chi connectivity index (χ4n) is 1.81. The van der Waals surface area contributed by atoms with Crippen molar-refractivity contribution in [1.29, 1.82) is 0 Å². The molecule has 0 amide bonds. The minimum absolute atomic E-state index is 0.0689. The summed E-state index contributed by atoms with van der Waals surface area (Å²) in [5, 5.41) is 0. The first-order valence-electron chi connectivity index (χ1n) is 5.69. The van der Waals surface area contributed by atoms with Crippen molar-refractivity contribution in [3.05, 3.63) is 23.3 Å². The van der Waals surface area contributed by atoms with Gasteiger partial charge in [-0.1, -0.05) is 0 Å². The molecule has 6 nitrogen and oxygen atoms in total. The Balaban J connectivity index is 2.32. The lowest BCUT2D eigenvalue weighted by Crippen LogP contribution is -2.11. The van der Waals surface area contributed by atoms with Crippen molar-refractivity contribution in [1.82, 2.24) is 0 Å². The standard InChI is InChI=1S/C13H14O6/c1-16-12(14)5-8-3-10-11(19-7-18-10)4-9(8)6-13(15)17-2/h3-4H,5-7H2,1-2H3. The minimum Gasteiger partial charge on any atom is -0.469 e. The van der Waals surface area contributed by atoms with E-state index in [9.17, 15) is 9.59 Å². The van der Waals surface area contributed by atoms with E-state index >= 15 is 0 Å². The molecule has 0 radical (unpaired) electrons. The number of ether oxygens (including phenoxy) is 4. The maximum Gasteiger partial charge on any atom is 0.309 e. The number of carbonyl (C=O) groups excluding carboxylic acids is 2. The predicted octanol–water partition coefficient (Wildman–Crippen LogP) is 0.846. The molecule has 0 unspecified atom stereocenters. The van der Waals surface area contributed by atoms with Crippen LogP contribution in [0.15, 0.2) is 12.1 Å². The van der Waals surface area contributed by atoms with Gasteiger partial charge >= 0.3 is 11.9 Å². The van der Waals surface area contributed by atoms with Crippen LogP contribution in [0.2, 0.25) is 0 Å². The van der Waals surface area contributed by atoms with Gasteiger partial charge in [-0.15, -0.1) is 0 Å². The third-order valence-electron chi connectivity index (χ3n) is 2.82. The minimum atomic E-state index is -0.384. The molecule has 2 rings (SSSR count). The molecule has 1 aliphatic heterocycles. The Labute approximate surface area is 110 Å². The Morgan fingerprint density at radius 1 is 1.00 bits per heavy atom. The van der Waals surface area contributed by atoms with Crippen LogP contribution < -0.4 is 9.47 Å². The van der Waals surface area contributed by atoms with Crippen LogP contribution in [0.25, 0.3) is 0 Å². The highest BCUT2D eigenvalue weighted by molar-refractivity contribution is 5.77. The molecule has 1 aromatic carbocycles. The third kappa shape index (κ3) is 2.96. The molecule has 0 aromatic heterocycles.